The van der Waals surface area contributed by atoms with Gasteiger partial charge in [0.1, 0.15) is 28.7 Å². The van der Waals surface area contributed by atoms with E-state index in [9.17, 15) is 14.0 Å². The molecule has 2 amide bonds. The molecule has 0 N–H and O–H groups in total. The number of nitrogens with zero attached hydrogens (tertiary/aromatic N) is 2. The number of hydrogen-bond donors (Lipinski definition) is 0. The SMILES string of the molecule is O=C(c1ccc(Oc2ccccc2)cc1)N1CCC2(C1)CN(C(=O)c1ccc(-c3ccc(F)cc3)cc1F)CCO2. The highest BCUT2D eigenvalue weighted by Crippen LogP contribution is 2.32. The molecule has 1 atom stereocenters. The normalized spacial score (nSPS) is 18.5. The molecule has 41 heavy (non-hydrogen) atoms. The first-order valence-corrected chi connectivity index (χ1v) is 13.5. The smallest absolute Gasteiger partial charge is 0.257 e. The van der Waals surface area contributed by atoms with Crippen LogP contribution in [0.25, 0.3) is 11.1 Å². The number of morpholine rings is 1. The van der Waals surface area contributed by atoms with Crippen molar-refractivity contribution < 1.29 is 27.8 Å². The molecule has 2 aliphatic heterocycles. The molecule has 0 aliphatic carbocycles. The van der Waals surface area contributed by atoms with Gasteiger partial charge in [-0.3, -0.25) is 9.59 Å². The molecular formula is C33H28F2N2O4. The van der Waals surface area contributed by atoms with E-state index in [4.69, 9.17) is 9.47 Å². The van der Waals surface area contributed by atoms with E-state index in [0.717, 1.165) is 0 Å². The molecule has 4 aromatic rings. The number of ether oxygens (including phenoxy) is 2. The van der Waals surface area contributed by atoms with E-state index < -0.39 is 17.3 Å². The average molecular weight is 555 g/mol. The van der Waals surface area contributed by atoms with Gasteiger partial charge >= 0.3 is 0 Å². The summed E-state index contributed by atoms with van der Waals surface area (Å²) in [6, 6.07) is 26.6. The predicted molar refractivity (Wildman–Crippen MR) is 150 cm³/mol. The number of carbonyl (C=O) groups is 2. The van der Waals surface area contributed by atoms with Crippen LogP contribution in [0.1, 0.15) is 27.1 Å². The zero-order valence-electron chi connectivity index (χ0n) is 22.3. The number of rotatable bonds is 5. The van der Waals surface area contributed by atoms with Crippen molar-refractivity contribution in [2.45, 2.75) is 12.0 Å². The number of para-hydroxylation sites is 1. The molecule has 6 rings (SSSR count). The predicted octanol–water partition coefficient (Wildman–Crippen LogP) is 6.18. The van der Waals surface area contributed by atoms with E-state index in [0.29, 0.717) is 60.9 Å². The van der Waals surface area contributed by atoms with E-state index in [1.807, 2.05) is 30.3 Å². The molecule has 4 aromatic carbocycles. The quantitative estimate of drug-likeness (QED) is 0.296. The van der Waals surface area contributed by atoms with Crippen LogP contribution in [-0.4, -0.2) is 60.0 Å². The fraction of sp³-hybridized carbons (Fsp3) is 0.212. The van der Waals surface area contributed by atoms with Crippen LogP contribution in [0, 0.1) is 11.6 Å². The van der Waals surface area contributed by atoms with E-state index in [-0.39, 0.29) is 23.8 Å². The van der Waals surface area contributed by atoms with Crippen molar-refractivity contribution in [2.24, 2.45) is 0 Å². The molecular weight excluding hydrogens is 526 g/mol. The number of carbonyl (C=O) groups excluding carboxylic acids is 2. The van der Waals surface area contributed by atoms with Gasteiger partial charge in [0.2, 0.25) is 0 Å². The minimum absolute atomic E-state index is 0.0309. The summed E-state index contributed by atoms with van der Waals surface area (Å²) < 4.78 is 40.3. The third-order valence-electron chi connectivity index (χ3n) is 7.60. The molecule has 0 radical (unpaired) electrons. The van der Waals surface area contributed by atoms with Crippen molar-refractivity contribution >= 4 is 11.8 Å². The van der Waals surface area contributed by atoms with Gasteiger partial charge in [0, 0.05) is 18.7 Å². The summed E-state index contributed by atoms with van der Waals surface area (Å²) in [5.74, 6) is -0.211. The third kappa shape index (κ3) is 5.69. The number of amides is 2. The first kappa shape index (κ1) is 26.7. The molecule has 2 aliphatic rings. The van der Waals surface area contributed by atoms with E-state index >= 15 is 4.39 Å². The highest BCUT2D eigenvalue weighted by molar-refractivity contribution is 5.96. The van der Waals surface area contributed by atoms with Gasteiger partial charge in [-0.15, -0.1) is 0 Å². The van der Waals surface area contributed by atoms with Gasteiger partial charge in [-0.1, -0.05) is 36.4 Å². The minimum atomic E-state index is -0.704. The van der Waals surface area contributed by atoms with Gasteiger partial charge in [0.05, 0.1) is 25.3 Å². The van der Waals surface area contributed by atoms with Crippen LogP contribution in [0.5, 0.6) is 11.5 Å². The lowest BCUT2D eigenvalue weighted by atomic mass is 9.99. The van der Waals surface area contributed by atoms with Gasteiger partial charge < -0.3 is 19.3 Å². The Labute approximate surface area is 236 Å². The standard InChI is InChI=1S/C33H28F2N2O4/c34-26-11-6-23(7-12-26)25-10-15-29(30(35)20-25)32(39)37-18-19-40-33(22-37)16-17-36(21-33)31(38)24-8-13-28(14-9-24)41-27-4-2-1-3-5-27/h1-15,20H,16-19,21-22H2. The number of hydrogen-bond acceptors (Lipinski definition) is 4. The zero-order valence-corrected chi connectivity index (χ0v) is 22.3. The maximum atomic E-state index is 15.1. The lowest BCUT2D eigenvalue weighted by molar-refractivity contribution is -0.0905. The molecule has 2 fully saturated rings. The fourth-order valence-electron chi connectivity index (χ4n) is 5.44. The number of halogens is 2. The highest BCUT2D eigenvalue weighted by Gasteiger charge is 2.45. The molecule has 1 unspecified atom stereocenters. The zero-order chi connectivity index (χ0) is 28.4. The Kier molecular flexibility index (Phi) is 7.24. The minimum Gasteiger partial charge on any atom is -0.457 e. The molecule has 1 spiro atoms. The summed E-state index contributed by atoms with van der Waals surface area (Å²) in [5, 5.41) is 0. The molecule has 2 heterocycles. The molecule has 6 nitrogen and oxygen atoms in total. The highest BCUT2D eigenvalue weighted by atomic mass is 19.1. The van der Waals surface area contributed by atoms with Crippen LogP contribution < -0.4 is 4.74 Å². The maximum Gasteiger partial charge on any atom is 0.257 e. The average Bonchev–Trinajstić information content (AvgIpc) is 3.40. The largest absolute Gasteiger partial charge is 0.457 e. The van der Waals surface area contributed by atoms with Crippen molar-refractivity contribution in [2.75, 3.05) is 32.8 Å². The maximum absolute atomic E-state index is 15.1. The van der Waals surface area contributed by atoms with Crippen LogP contribution in [-0.2, 0) is 4.74 Å². The summed E-state index contributed by atoms with van der Waals surface area (Å²) in [6.45, 7) is 1.72. The Morgan fingerprint density at radius 1 is 0.732 bits per heavy atom. The van der Waals surface area contributed by atoms with Gasteiger partial charge in [0.15, 0.2) is 0 Å². The van der Waals surface area contributed by atoms with Gasteiger partial charge in [-0.25, -0.2) is 8.78 Å². The lowest BCUT2D eigenvalue weighted by Crippen LogP contribution is -2.55. The molecule has 2 saturated heterocycles. The van der Waals surface area contributed by atoms with E-state index in [2.05, 4.69) is 0 Å². The summed E-state index contributed by atoms with van der Waals surface area (Å²) >= 11 is 0. The number of benzene rings is 4. The Hall–Kier alpha value is -4.56. The summed E-state index contributed by atoms with van der Waals surface area (Å²) in [6.07, 6.45) is 0.573. The molecule has 0 saturated carbocycles. The second-order valence-electron chi connectivity index (χ2n) is 10.4. The second-order valence-corrected chi connectivity index (χ2v) is 10.4. The fourth-order valence-corrected chi connectivity index (χ4v) is 5.44. The Morgan fingerprint density at radius 3 is 2.10 bits per heavy atom. The summed E-state index contributed by atoms with van der Waals surface area (Å²) in [5.41, 5.74) is 1.02. The Bertz CT molecular complexity index is 1560. The van der Waals surface area contributed by atoms with E-state index in [1.54, 1.807) is 52.3 Å². The van der Waals surface area contributed by atoms with Gasteiger partial charge in [-0.05, 0) is 78.2 Å². The van der Waals surface area contributed by atoms with Gasteiger partial charge in [0.25, 0.3) is 11.8 Å². The monoisotopic (exact) mass is 554 g/mol. The molecule has 0 aromatic heterocycles. The van der Waals surface area contributed by atoms with Crippen molar-refractivity contribution in [3.05, 3.63) is 120 Å². The molecule has 8 heteroatoms. The third-order valence-corrected chi connectivity index (χ3v) is 7.60. The molecule has 208 valence electrons. The van der Waals surface area contributed by atoms with Crippen molar-refractivity contribution in [1.29, 1.82) is 0 Å². The van der Waals surface area contributed by atoms with Crippen LogP contribution in [0.2, 0.25) is 0 Å². The number of likely N-dealkylation sites (tertiary alicyclic amines) is 1. The van der Waals surface area contributed by atoms with Crippen molar-refractivity contribution in [3.63, 3.8) is 0 Å². The first-order chi connectivity index (χ1) is 19.9. The molecule has 0 bridgehead atoms. The van der Waals surface area contributed by atoms with Crippen LogP contribution >= 0.6 is 0 Å². The second kappa shape index (κ2) is 11.1. The summed E-state index contributed by atoms with van der Waals surface area (Å²) in [4.78, 5) is 29.9. The first-order valence-electron chi connectivity index (χ1n) is 13.5. The van der Waals surface area contributed by atoms with Crippen LogP contribution in [0.3, 0.4) is 0 Å². The van der Waals surface area contributed by atoms with Gasteiger partial charge in [-0.2, -0.15) is 0 Å². The van der Waals surface area contributed by atoms with Crippen molar-refractivity contribution in [1.82, 2.24) is 9.80 Å². The Balaban J connectivity index is 1.10. The van der Waals surface area contributed by atoms with Crippen LogP contribution in [0.4, 0.5) is 8.78 Å². The topological polar surface area (TPSA) is 59.1 Å². The Morgan fingerprint density at radius 2 is 1.39 bits per heavy atom. The van der Waals surface area contributed by atoms with Crippen LogP contribution in [0.15, 0.2) is 97.1 Å². The van der Waals surface area contributed by atoms with E-state index in [1.165, 1.54) is 24.3 Å². The summed E-state index contributed by atoms with van der Waals surface area (Å²) in [7, 11) is 0. The van der Waals surface area contributed by atoms with Crippen molar-refractivity contribution in [3.8, 4) is 22.6 Å². The lowest BCUT2D eigenvalue weighted by Gasteiger charge is -2.40.